The average Bonchev–Trinajstić information content (AvgIpc) is 3.22. The van der Waals surface area contributed by atoms with Crippen LogP contribution in [0.4, 0.5) is 13.2 Å². The molecule has 1 aliphatic heterocycles. The van der Waals surface area contributed by atoms with Gasteiger partial charge in [0.2, 0.25) is 0 Å². The van der Waals surface area contributed by atoms with Crippen LogP contribution in [0, 0.1) is 0 Å². The van der Waals surface area contributed by atoms with Crippen LogP contribution in [0.15, 0.2) is 54.3 Å². The minimum atomic E-state index is -4.39. The fourth-order valence-electron chi connectivity index (χ4n) is 5.34. The van der Waals surface area contributed by atoms with Crippen LogP contribution in [0.5, 0.6) is 0 Å². The van der Waals surface area contributed by atoms with Crippen LogP contribution in [-0.4, -0.2) is 28.5 Å². The van der Waals surface area contributed by atoms with Crippen molar-refractivity contribution in [1.82, 2.24) is 9.47 Å². The molecule has 3 nitrogen and oxygen atoms in total. The molecule has 6 heteroatoms. The van der Waals surface area contributed by atoms with E-state index in [0.717, 1.165) is 57.2 Å². The van der Waals surface area contributed by atoms with Crippen LogP contribution in [0.25, 0.3) is 12.2 Å². The summed E-state index contributed by atoms with van der Waals surface area (Å²) < 4.78 is 40.9. The predicted molar refractivity (Wildman–Crippen MR) is 128 cm³/mol. The lowest BCUT2D eigenvalue weighted by atomic mass is 9.89. The lowest BCUT2D eigenvalue weighted by Crippen LogP contribution is -2.39. The zero-order chi connectivity index (χ0) is 23.7. The topological polar surface area (TPSA) is 25.2 Å². The van der Waals surface area contributed by atoms with Crippen molar-refractivity contribution in [2.75, 3.05) is 13.1 Å². The fourth-order valence-corrected chi connectivity index (χ4v) is 5.34. The molecule has 2 aliphatic carbocycles. The SMILES string of the molecule is O=C(c1ccc(C(F)(F)F)cc1)N1CCC(c2cn(CC3=CC=CCC3)c3c2=CCCC=3)CC1. The number of likely N-dealkylation sites (tertiary alicyclic amines) is 1. The molecule has 2 aromatic rings. The van der Waals surface area contributed by atoms with Gasteiger partial charge >= 0.3 is 6.18 Å². The smallest absolute Gasteiger partial charge is 0.343 e. The molecule has 1 aromatic carbocycles. The van der Waals surface area contributed by atoms with E-state index in [1.54, 1.807) is 4.90 Å². The minimum Gasteiger partial charge on any atom is -0.343 e. The summed E-state index contributed by atoms with van der Waals surface area (Å²) in [5, 5.41) is 2.67. The normalized spacial score (nSPS) is 18.7. The Morgan fingerprint density at radius 2 is 1.74 bits per heavy atom. The molecule has 3 aliphatic rings. The maximum Gasteiger partial charge on any atom is 0.416 e. The van der Waals surface area contributed by atoms with E-state index in [0.29, 0.717) is 24.6 Å². The van der Waals surface area contributed by atoms with Crippen molar-refractivity contribution in [1.29, 1.82) is 0 Å². The Morgan fingerprint density at radius 1 is 1.00 bits per heavy atom. The Kier molecular flexibility index (Phi) is 6.24. The number of fused-ring (bicyclic) bond motifs is 1. The first-order chi connectivity index (χ1) is 16.4. The highest BCUT2D eigenvalue weighted by Crippen LogP contribution is 2.30. The summed E-state index contributed by atoms with van der Waals surface area (Å²) in [5.41, 5.74) is 2.40. The van der Waals surface area contributed by atoms with Crippen LogP contribution in [0.3, 0.4) is 0 Å². The third-order valence-corrected chi connectivity index (χ3v) is 7.20. The van der Waals surface area contributed by atoms with E-state index in [-0.39, 0.29) is 5.91 Å². The van der Waals surface area contributed by atoms with Gasteiger partial charge in [-0.15, -0.1) is 0 Å². The molecule has 1 aromatic heterocycles. The van der Waals surface area contributed by atoms with Gasteiger partial charge < -0.3 is 9.47 Å². The molecule has 0 spiro atoms. The molecule has 1 fully saturated rings. The molecule has 1 amide bonds. The summed E-state index contributed by atoms with van der Waals surface area (Å²) >= 11 is 0. The summed E-state index contributed by atoms with van der Waals surface area (Å²) in [4.78, 5) is 14.7. The summed E-state index contributed by atoms with van der Waals surface area (Å²) in [7, 11) is 0. The predicted octanol–water partition coefficient (Wildman–Crippen LogP) is 5.16. The third-order valence-electron chi connectivity index (χ3n) is 7.20. The minimum absolute atomic E-state index is 0.191. The number of carbonyl (C=O) groups is 1. The lowest BCUT2D eigenvalue weighted by molar-refractivity contribution is -0.137. The number of alkyl halides is 3. The number of allylic oxidation sites excluding steroid dienone is 4. The standard InChI is InChI=1S/C28H29F3N2O/c29-28(30,31)23-12-10-22(11-13-23)27(34)32-16-14-21(15-17-32)25-19-33(18-20-6-2-1-3-7-20)26-9-5-4-8-24(25)26/h1-2,6,8-13,19,21H,3-5,7,14-18H2. The molecular formula is C28H29F3N2O. The van der Waals surface area contributed by atoms with Crippen molar-refractivity contribution in [2.24, 2.45) is 0 Å². The van der Waals surface area contributed by atoms with Gasteiger partial charge in [-0.3, -0.25) is 4.79 Å². The number of benzene rings is 1. The number of carbonyl (C=O) groups excluding carboxylic acids is 1. The van der Waals surface area contributed by atoms with E-state index < -0.39 is 11.7 Å². The van der Waals surface area contributed by atoms with E-state index in [2.05, 4.69) is 41.1 Å². The van der Waals surface area contributed by atoms with Gasteiger partial charge in [0.25, 0.3) is 5.91 Å². The Hall–Kier alpha value is -3.02. The van der Waals surface area contributed by atoms with Gasteiger partial charge in [0, 0.05) is 36.7 Å². The van der Waals surface area contributed by atoms with Crippen molar-refractivity contribution in [3.05, 3.63) is 81.5 Å². The van der Waals surface area contributed by atoms with E-state index in [9.17, 15) is 18.0 Å². The molecule has 5 rings (SSSR count). The van der Waals surface area contributed by atoms with Crippen molar-refractivity contribution in [2.45, 2.75) is 57.2 Å². The van der Waals surface area contributed by atoms with Crippen molar-refractivity contribution < 1.29 is 18.0 Å². The first-order valence-corrected chi connectivity index (χ1v) is 12.1. The number of halogens is 3. The van der Waals surface area contributed by atoms with E-state index in [4.69, 9.17) is 0 Å². The van der Waals surface area contributed by atoms with Gasteiger partial charge in [-0.1, -0.05) is 36.0 Å². The average molecular weight is 467 g/mol. The summed E-state index contributed by atoms with van der Waals surface area (Å²) in [6, 6.07) is 4.54. The van der Waals surface area contributed by atoms with Crippen LogP contribution in [0.1, 0.15) is 65.9 Å². The Bertz CT molecular complexity index is 1240. The Balaban J connectivity index is 1.30. The monoisotopic (exact) mass is 466 g/mol. The maximum atomic E-state index is 12.9. The van der Waals surface area contributed by atoms with Crippen molar-refractivity contribution >= 4 is 18.1 Å². The number of hydrogen-bond donors (Lipinski definition) is 0. The Labute approximate surface area is 197 Å². The lowest BCUT2D eigenvalue weighted by Gasteiger charge is -2.32. The second-order valence-electron chi connectivity index (χ2n) is 9.43. The van der Waals surface area contributed by atoms with E-state index in [1.165, 1.54) is 33.8 Å². The molecular weight excluding hydrogens is 437 g/mol. The number of hydrogen-bond acceptors (Lipinski definition) is 1. The van der Waals surface area contributed by atoms with E-state index in [1.807, 2.05) is 0 Å². The summed E-state index contributed by atoms with van der Waals surface area (Å²) in [6.07, 6.45) is 15.3. The van der Waals surface area contributed by atoms with Gasteiger partial charge in [-0.05, 0) is 79.5 Å². The van der Waals surface area contributed by atoms with Crippen molar-refractivity contribution in [3.63, 3.8) is 0 Å². The van der Waals surface area contributed by atoms with Crippen LogP contribution < -0.4 is 10.6 Å². The number of nitrogens with zero attached hydrogens (tertiary/aromatic N) is 2. The van der Waals surface area contributed by atoms with E-state index >= 15 is 0 Å². The molecule has 0 atom stereocenters. The highest BCUT2D eigenvalue weighted by molar-refractivity contribution is 5.94. The fraction of sp³-hybridized carbons (Fsp3) is 0.393. The molecule has 0 N–H and O–H groups in total. The number of aromatic nitrogens is 1. The zero-order valence-electron chi connectivity index (χ0n) is 19.2. The third kappa shape index (κ3) is 4.63. The van der Waals surface area contributed by atoms with Crippen LogP contribution in [-0.2, 0) is 12.7 Å². The highest BCUT2D eigenvalue weighted by atomic mass is 19.4. The van der Waals surface area contributed by atoms with Gasteiger partial charge in [-0.2, -0.15) is 13.2 Å². The molecule has 1 saturated heterocycles. The molecule has 0 unspecified atom stereocenters. The van der Waals surface area contributed by atoms with Gasteiger partial charge in [0.15, 0.2) is 0 Å². The van der Waals surface area contributed by atoms with Crippen molar-refractivity contribution in [3.8, 4) is 0 Å². The second-order valence-corrected chi connectivity index (χ2v) is 9.43. The molecule has 0 saturated carbocycles. The first kappa shape index (κ1) is 22.8. The van der Waals surface area contributed by atoms with Crippen LogP contribution >= 0.6 is 0 Å². The number of rotatable bonds is 4. The largest absolute Gasteiger partial charge is 0.416 e. The first-order valence-electron chi connectivity index (χ1n) is 12.1. The molecule has 178 valence electrons. The molecule has 34 heavy (non-hydrogen) atoms. The zero-order valence-corrected chi connectivity index (χ0v) is 19.2. The van der Waals surface area contributed by atoms with Gasteiger partial charge in [-0.25, -0.2) is 0 Å². The quantitative estimate of drug-likeness (QED) is 0.611. The summed E-state index contributed by atoms with van der Waals surface area (Å²) in [5.74, 6) is 0.193. The number of piperidine rings is 1. The second kappa shape index (κ2) is 9.32. The van der Waals surface area contributed by atoms with Crippen LogP contribution in [0.2, 0.25) is 0 Å². The van der Waals surface area contributed by atoms with Gasteiger partial charge in [0.05, 0.1) is 5.56 Å². The maximum absolute atomic E-state index is 12.9. The molecule has 2 heterocycles. The number of amides is 1. The molecule has 0 bridgehead atoms. The molecule has 0 radical (unpaired) electrons. The summed E-state index contributed by atoms with van der Waals surface area (Å²) in [6.45, 7) is 2.15. The van der Waals surface area contributed by atoms with Gasteiger partial charge in [0.1, 0.15) is 0 Å². The highest BCUT2D eigenvalue weighted by Gasteiger charge is 2.31. The Morgan fingerprint density at radius 3 is 2.41 bits per heavy atom.